The number of pyridine rings is 1. The fourth-order valence-corrected chi connectivity index (χ4v) is 12.1. The zero-order chi connectivity index (χ0) is 50.3. The SMILES string of the molecule is Cc1cc(OC2CCC(CCC(=O)N3CCN(c4ccc5c(C6CCC(=O)NC6=O)nn(C)c5c4)CC3)CC2)ccc1-c1ccc(N2CCc3cccc(C(=O)Nc4nc5ccccc5s4)c3C2)nc1C(=O)O. The molecular weight excluding hydrogens is 943 g/mol. The van der Waals surface area contributed by atoms with Gasteiger partial charge in [-0.1, -0.05) is 41.7 Å². The van der Waals surface area contributed by atoms with E-state index in [0.29, 0.717) is 85.6 Å². The number of fused-ring (bicyclic) bond motifs is 3. The first-order valence-corrected chi connectivity index (χ1v) is 26.1. The summed E-state index contributed by atoms with van der Waals surface area (Å²) in [7, 11) is 1.88. The summed E-state index contributed by atoms with van der Waals surface area (Å²) in [6, 6.07) is 29.2. The van der Waals surface area contributed by atoms with Crippen LogP contribution in [-0.4, -0.2) is 98.2 Å². The Labute approximate surface area is 426 Å². The second kappa shape index (κ2) is 20.1. The van der Waals surface area contributed by atoms with Crippen LogP contribution in [0.1, 0.15) is 101 Å². The summed E-state index contributed by atoms with van der Waals surface area (Å²) in [6.07, 6.45) is 6.68. The van der Waals surface area contributed by atoms with Gasteiger partial charge in [0.1, 0.15) is 11.6 Å². The topological polar surface area (TPSA) is 192 Å². The summed E-state index contributed by atoms with van der Waals surface area (Å²) in [5.41, 5.74) is 8.18. The van der Waals surface area contributed by atoms with Gasteiger partial charge in [-0.05, 0) is 141 Å². The molecule has 1 atom stereocenters. The van der Waals surface area contributed by atoms with Crippen LogP contribution in [0.15, 0.2) is 91.0 Å². The maximum Gasteiger partial charge on any atom is 0.355 e. The lowest BCUT2D eigenvalue weighted by molar-refractivity contribution is -0.134. The van der Waals surface area contributed by atoms with E-state index in [0.717, 1.165) is 100 Å². The van der Waals surface area contributed by atoms with Crippen molar-refractivity contribution in [2.24, 2.45) is 13.0 Å². The van der Waals surface area contributed by atoms with Crippen LogP contribution < -0.4 is 25.2 Å². The fourth-order valence-electron chi connectivity index (χ4n) is 11.2. The molecule has 1 aliphatic carbocycles. The molecule has 1 unspecified atom stereocenters. The molecule has 6 heterocycles. The van der Waals surface area contributed by atoms with Crippen LogP contribution in [0.25, 0.3) is 32.2 Å². The summed E-state index contributed by atoms with van der Waals surface area (Å²) >= 11 is 1.43. The second-order valence-electron chi connectivity index (χ2n) is 19.8. The van der Waals surface area contributed by atoms with Gasteiger partial charge in [0.05, 0.1) is 33.4 Å². The van der Waals surface area contributed by atoms with Crippen LogP contribution in [-0.2, 0) is 34.4 Å². The van der Waals surface area contributed by atoms with Gasteiger partial charge in [-0.2, -0.15) is 5.10 Å². The van der Waals surface area contributed by atoms with Gasteiger partial charge in [0, 0.05) is 81.4 Å². The molecule has 3 N–H and O–H groups in total. The van der Waals surface area contributed by atoms with Crippen LogP contribution in [0, 0.1) is 12.8 Å². The van der Waals surface area contributed by atoms with E-state index in [1.165, 1.54) is 11.3 Å². The van der Waals surface area contributed by atoms with Gasteiger partial charge in [0.25, 0.3) is 5.91 Å². The van der Waals surface area contributed by atoms with Crippen molar-refractivity contribution in [3.63, 3.8) is 0 Å². The quantitative estimate of drug-likeness (QED) is 0.0989. The molecule has 4 aliphatic rings. The summed E-state index contributed by atoms with van der Waals surface area (Å²) in [5, 5.41) is 22.0. The number of anilines is 3. The van der Waals surface area contributed by atoms with Crippen molar-refractivity contribution < 1.29 is 33.8 Å². The Balaban J connectivity index is 0.657. The van der Waals surface area contributed by atoms with Gasteiger partial charge in [-0.25, -0.2) is 14.8 Å². The molecule has 0 spiro atoms. The Hall–Kier alpha value is -7.66. The maximum atomic E-state index is 13.6. The third-order valence-electron chi connectivity index (χ3n) is 15.2. The lowest BCUT2D eigenvalue weighted by Gasteiger charge is -2.36. The number of carbonyl (C=O) groups is 5. The standard InChI is InChI=1S/C56H57N9O7S/c1-33-30-38(16-18-39(33)40-19-21-48(58-52(40)55(70)71)65-25-24-35-6-5-7-41(44(35)32-65)53(68)60-56-57-45-8-3-4-9-47(45)73-56)72-37-14-10-34(11-15-37)12-23-50(67)64-28-26-63(27-29-64)36-13-17-42-46(31-36)62(2)61-51(42)43-20-22-49(66)59-54(43)69/h3-9,13,16-19,21,30-31,34,37,43H,10-12,14-15,20,22-29,32H2,1-2H3,(H,70,71)(H,57,60,68)(H,59,66,69). The van der Waals surface area contributed by atoms with E-state index in [2.05, 4.69) is 37.7 Å². The molecule has 73 heavy (non-hydrogen) atoms. The predicted octanol–water partition coefficient (Wildman–Crippen LogP) is 8.65. The largest absolute Gasteiger partial charge is 0.490 e. The number of carboxylic acids is 1. The number of para-hydroxylation sites is 1. The van der Waals surface area contributed by atoms with Crippen LogP contribution in [0.2, 0.25) is 0 Å². The number of nitrogens with zero attached hydrogens (tertiary/aromatic N) is 7. The van der Waals surface area contributed by atoms with E-state index in [4.69, 9.17) is 9.72 Å². The highest BCUT2D eigenvalue weighted by molar-refractivity contribution is 7.22. The van der Waals surface area contributed by atoms with Crippen LogP contribution in [0.4, 0.5) is 16.6 Å². The number of hydrogen-bond acceptors (Lipinski definition) is 12. The molecule has 11 rings (SSSR count). The summed E-state index contributed by atoms with van der Waals surface area (Å²) in [6.45, 7) is 5.77. The van der Waals surface area contributed by atoms with E-state index in [1.54, 1.807) is 4.68 Å². The number of benzene rings is 4. The van der Waals surface area contributed by atoms with Gasteiger partial charge in [0.2, 0.25) is 17.7 Å². The average Bonchev–Trinajstić information content (AvgIpc) is 3.97. The number of nitrogens with one attached hydrogen (secondary N) is 2. The van der Waals surface area contributed by atoms with Crippen molar-refractivity contribution >= 4 is 78.7 Å². The molecule has 3 fully saturated rings. The highest BCUT2D eigenvalue weighted by atomic mass is 32.1. The van der Waals surface area contributed by atoms with Crippen molar-refractivity contribution in [2.75, 3.05) is 47.8 Å². The number of amides is 4. The molecule has 0 bridgehead atoms. The maximum absolute atomic E-state index is 13.6. The predicted molar refractivity (Wildman–Crippen MR) is 280 cm³/mol. The molecule has 4 aromatic carbocycles. The number of piperazine rings is 1. The zero-order valence-corrected chi connectivity index (χ0v) is 41.8. The van der Waals surface area contributed by atoms with Gasteiger partial charge in [0.15, 0.2) is 10.8 Å². The minimum Gasteiger partial charge on any atom is -0.490 e. The minimum absolute atomic E-state index is 0.0374. The molecule has 17 heteroatoms. The molecule has 4 amide bonds. The number of thiazole rings is 1. The normalized spacial score (nSPS) is 19.2. The van der Waals surface area contributed by atoms with Gasteiger partial charge < -0.3 is 24.5 Å². The zero-order valence-electron chi connectivity index (χ0n) is 40.9. The highest BCUT2D eigenvalue weighted by Gasteiger charge is 2.33. The molecule has 0 radical (unpaired) electrons. The van der Waals surface area contributed by atoms with Crippen LogP contribution >= 0.6 is 11.3 Å². The van der Waals surface area contributed by atoms with Crippen molar-refractivity contribution in [2.45, 2.75) is 83.3 Å². The van der Waals surface area contributed by atoms with Crippen molar-refractivity contribution in [1.29, 1.82) is 0 Å². The number of rotatable bonds is 12. The number of hydrogen-bond donors (Lipinski definition) is 3. The van der Waals surface area contributed by atoms with Crippen molar-refractivity contribution in [1.82, 2.24) is 30.0 Å². The highest BCUT2D eigenvalue weighted by Crippen LogP contribution is 2.37. The molecule has 16 nitrogen and oxygen atoms in total. The van der Waals surface area contributed by atoms with E-state index < -0.39 is 11.9 Å². The lowest BCUT2D eigenvalue weighted by Crippen LogP contribution is -2.48. The molecule has 3 aromatic heterocycles. The van der Waals surface area contributed by atoms with E-state index in [9.17, 15) is 29.1 Å². The molecular formula is C56H57N9O7S. The second-order valence-corrected chi connectivity index (χ2v) is 20.8. The van der Waals surface area contributed by atoms with Gasteiger partial charge in [-0.15, -0.1) is 0 Å². The monoisotopic (exact) mass is 999 g/mol. The molecule has 1 saturated carbocycles. The molecule has 374 valence electrons. The Bertz CT molecular complexity index is 3280. The van der Waals surface area contributed by atoms with Crippen molar-refractivity contribution in [3.8, 4) is 16.9 Å². The average molecular weight is 1000 g/mol. The van der Waals surface area contributed by atoms with E-state index >= 15 is 0 Å². The van der Waals surface area contributed by atoms with Crippen LogP contribution in [0.3, 0.4) is 0 Å². The number of aromatic carboxylic acids is 1. The summed E-state index contributed by atoms with van der Waals surface area (Å²) < 4.78 is 9.30. The number of ether oxygens (including phenoxy) is 1. The Kier molecular flexibility index (Phi) is 13.1. The first-order chi connectivity index (χ1) is 35.4. The number of imide groups is 1. The summed E-state index contributed by atoms with van der Waals surface area (Å²) in [5.74, 6) is -0.390. The smallest absolute Gasteiger partial charge is 0.355 e. The fraction of sp³-hybridized carbons (Fsp3) is 0.357. The van der Waals surface area contributed by atoms with E-state index in [1.807, 2.05) is 103 Å². The summed E-state index contributed by atoms with van der Waals surface area (Å²) in [4.78, 5) is 79.8. The lowest BCUT2D eigenvalue weighted by atomic mass is 9.84. The van der Waals surface area contributed by atoms with Crippen molar-refractivity contribution in [3.05, 3.63) is 125 Å². The van der Waals surface area contributed by atoms with Gasteiger partial charge >= 0.3 is 5.97 Å². The molecule has 3 aliphatic heterocycles. The van der Waals surface area contributed by atoms with E-state index in [-0.39, 0.29) is 35.4 Å². The number of carboxylic acid groups (broad SMARTS) is 1. The minimum atomic E-state index is -1.12. The Morgan fingerprint density at radius 2 is 1.64 bits per heavy atom. The Morgan fingerprint density at radius 1 is 0.836 bits per heavy atom. The first kappa shape index (κ1) is 47.7. The number of aryl methyl sites for hydroxylation is 2. The Morgan fingerprint density at radius 3 is 2.42 bits per heavy atom. The third kappa shape index (κ3) is 9.85. The molecule has 7 aromatic rings. The van der Waals surface area contributed by atoms with Gasteiger partial charge in [-0.3, -0.25) is 34.5 Å². The molecule has 2 saturated heterocycles. The number of aromatic nitrogens is 4. The third-order valence-corrected chi connectivity index (χ3v) is 16.2. The first-order valence-electron chi connectivity index (χ1n) is 25.3. The number of piperidine rings is 1. The van der Waals surface area contributed by atoms with Crippen LogP contribution in [0.5, 0.6) is 5.75 Å². The number of carbonyl (C=O) groups excluding carboxylic acids is 4.